The monoisotopic (exact) mass is 933 g/mol. The Balaban J connectivity index is 4.71. The number of hydrogen-bond acceptors (Lipinski definition) is 9. The highest BCUT2D eigenvalue weighted by Gasteiger charge is 2.27. The molecule has 3 atom stereocenters. The van der Waals surface area contributed by atoms with Gasteiger partial charge in [-0.3, -0.25) is 0 Å². The highest BCUT2D eigenvalue weighted by molar-refractivity contribution is 5.76. The molecule has 0 aliphatic carbocycles. The number of carbonyl (C=O) groups excluding carboxylic acids is 3. The van der Waals surface area contributed by atoms with E-state index >= 15 is 0 Å². The fourth-order valence-electron chi connectivity index (χ4n) is 7.95. The zero-order valence-electron chi connectivity index (χ0n) is 43.1. The van der Waals surface area contributed by atoms with Crippen molar-refractivity contribution < 1.29 is 43.9 Å². The second-order valence-corrected chi connectivity index (χ2v) is 18.9. The van der Waals surface area contributed by atoms with E-state index in [1.54, 1.807) is 0 Å². The normalized spacial score (nSPS) is 13.7. The minimum atomic E-state index is -1.38. The Kier molecular flexibility index (Phi) is 48.5. The van der Waals surface area contributed by atoms with Crippen molar-refractivity contribution in [1.29, 1.82) is 0 Å². The predicted octanol–water partition coefficient (Wildman–Crippen LogP) is 15.0. The van der Waals surface area contributed by atoms with Crippen LogP contribution in [0.2, 0.25) is 0 Å². The molecule has 3 unspecified atom stereocenters. The van der Waals surface area contributed by atoms with E-state index < -0.39 is 55.5 Å². The molecule has 9 nitrogen and oxygen atoms in total. The van der Waals surface area contributed by atoms with E-state index in [9.17, 15) is 29.7 Å². The van der Waals surface area contributed by atoms with Gasteiger partial charge in [0.2, 0.25) is 0 Å². The molecule has 386 valence electrons. The molecule has 0 spiro atoms. The molecule has 9 heteroatoms. The smallest absolute Gasteiger partial charge is 0.335 e. The lowest BCUT2D eigenvalue weighted by molar-refractivity contribution is -0.177. The van der Waals surface area contributed by atoms with Gasteiger partial charge in [-0.2, -0.15) is 0 Å². The lowest BCUT2D eigenvalue weighted by Gasteiger charge is -2.21. The van der Waals surface area contributed by atoms with E-state index in [1.807, 2.05) is 0 Å². The van der Waals surface area contributed by atoms with Crippen LogP contribution < -0.4 is 0 Å². The lowest BCUT2D eigenvalue weighted by Crippen LogP contribution is -2.37. The van der Waals surface area contributed by atoms with Gasteiger partial charge in [0.05, 0.1) is 0 Å². The summed E-state index contributed by atoms with van der Waals surface area (Å²) in [5, 5.41) is 31.6. The number of rotatable bonds is 50. The van der Waals surface area contributed by atoms with Gasteiger partial charge in [-0.25, -0.2) is 14.4 Å². The second-order valence-electron chi connectivity index (χ2n) is 18.9. The number of aliphatic hydroxyl groups is 3. The van der Waals surface area contributed by atoms with E-state index in [2.05, 4.69) is 57.2 Å². The molecular weight excluding hydrogens is 829 g/mol. The van der Waals surface area contributed by atoms with Gasteiger partial charge >= 0.3 is 17.9 Å². The Morgan fingerprint density at radius 1 is 0.333 bits per heavy atom. The molecule has 0 saturated heterocycles. The topological polar surface area (TPSA) is 140 Å². The predicted molar refractivity (Wildman–Crippen MR) is 274 cm³/mol. The van der Waals surface area contributed by atoms with E-state index in [0.717, 1.165) is 96.3 Å². The molecule has 0 aliphatic rings. The minimum Gasteiger partial charge on any atom is -0.460 e. The zero-order chi connectivity index (χ0) is 48.4. The van der Waals surface area contributed by atoms with Crippen LogP contribution in [0.3, 0.4) is 0 Å². The van der Waals surface area contributed by atoms with Gasteiger partial charge in [-0.05, 0) is 96.3 Å². The minimum absolute atomic E-state index is 0.224. The lowest BCUT2D eigenvalue weighted by atomic mass is 10.1. The molecule has 0 rings (SSSR count). The highest BCUT2D eigenvalue weighted by Crippen LogP contribution is 2.15. The summed E-state index contributed by atoms with van der Waals surface area (Å²) >= 11 is 0. The van der Waals surface area contributed by atoms with Crippen molar-refractivity contribution in [1.82, 2.24) is 0 Å². The first-order chi connectivity index (χ1) is 32.3. The summed E-state index contributed by atoms with van der Waals surface area (Å²) in [6.45, 7) is 5.81. The summed E-state index contributed by atoms with van der Waals surface area (Å²) in [4.78, 5) is 38.4. The Morgan fingerprint density at radius 3 is 0.833 bits per heavy atom. The molecule has 66 heavy (non-hydrogen) atoms. The largest absolute Gasteiger partial charge is 0.460 e. The molecule has 3 N–H and O–H groups in total. The van der Waals surface area contributed by atoms with Gasteiger partial charge in [-0.15, -0.1) is 0 Å². The van der Waals surface area contributed by atoms with Crippen molar-refractivity contribution in [3.63, 3.8) is 0 Å². The number of esters is 3. The van der Waals surface area contributed by atoms with E-state index in [-0.39, 0.29) is 19.3 Å². The molecule has 0 saturated carbocycles. The average Bonchev–Trinajstić information content (AvgIpc) is 3.32. The van der Waals surface area contributed by atoms with Crippen molar-refractivity contribution in [2.45, 2.75) is 296 Å². The quantitative estimate of drug-likeness (QED) is 0.0235. The summed E-state index contributed by atoms with van der Waals surface area (Å²) in [6, 6.07) is 0. The van der Waals surface area contributed by atoms with Crippen LogP contribution >= 0.6 is 0 Å². The third kappa shape index (κ3) is 44.0. The molecular formula is C57H104O9. The van der Waals surface area contributed by atoms with Gasteiger partial charge in [0, 0.05) is 0 Å². The first-order valence-corrected chi connectivity index (χ1v) is 27.8. The maximum atomic E-state index is 12.9. The number of ether oxygens (including phenoxy) is 3. The maximum absolute atomic E-state index is 12.9. The van der Waals surface area contributed by atoms with Crippen molar-refractivity contribution in [2.24, 2.45) is 0 Å². The van der Waals surface area contributed by atoms with Crippen LogP contribution in [0.4, 0.5) is 0 Å². The summed E-state index contributed by atoms with van der Waals surface area (Å²) in [6.07, 6.45) is 50.0. The number of hydrogen-bond donors (Lipinski definition) is 3. The molecule has 0 heterocycles. The van der Waals surface area contributed by atoms with Gasteiger partial charge in [0.25, 0.3) is 0 Å². The highest BCUT2D eigenvalue weighted by atomic mass is 16.6. The Bertz CT molecular complexity index is 1110. The second kappa shape index (κ2) is 50.4. The third-order valence-electron chi connectivity index (χ3n) is 12.4. The molecule has 0 radical (unpaired) electrons. The van der Waals surface area contributed by atoms with Crippen LogP contribution in [0.25, 0.3) is 0 Å². The zero-order valence-corrected chi connectivity index (χ0v) is 43.1. The van der Waals surface area contributed by atoms with Crippen molar-refractivity contribution >= 4 is 17.9 Å². The fraction of sp³-hybridized carbons (Fsp3) is 0.842. The van der Waals surface area contributed by atoms with Gasteiger partial charge in [-0.1, -0.05) is 211 Å². The summed E-state index contributed by atoms with van der Waals surface area (Å²) in [5.41, 5.74) is 0. The first-order valence-electron chi connectivity index (χ1n) is 27.8. The van der Waals surface area contributed by atoms with Gasteiger partial charge in [0.1, 0.15) is 13.2 Å². The van der Waals surface area contributed by atoms with Crippen LogP contribution in [0, 0.1) is 0 Å². The standard InChI is InChI=1S/C57H104O9/c1-4-7-10-13-16-19-22-25-28-31-34-37-40-43-46-52(58)55(61)64-49-51(66-57(63)54(60)48-45-42-39-36-33-30-27-24-21-18-15-12-9-6-3)50-65-56(62)53(59)47-44-41-38-35-32-29-26-23-20-17-14-11-8-5-2/h25-30,51-54,58-60H,4-24,31-50H2,1-3H3/b28-25-,29-26-,30-27-. The van der Waals surface area contributed by atoms with Crippen LogP contribution in [-0.4, -0.2) is 70.9 Å². The van der Waals surface area contributed by atoms with Crippen LogP contribution in [0.5, 0.6) is 0 Å². The molecule has 0 amide bonds. The van der Waals surface area contributed by atoms with E-state index in [0.29, 0.717) is 19.3 Å². The van der Waals surface area contributed by atoms with Gasteiger partial charge < -0.3 is 29.5 Å². The van der Waals surface area contributed by atoms with Crippen LogP contribution in [0.1, 0.15) is 271 Å². The first kappa shape index (κ1) is 63.5. The number of carbonyl (C=O) groups is 3. The molecule has 0 aromatic heterocycles. The van der Waals surface area contributed by atoms with Crippen molar-refractivity contribution in [3.05, 3.63) is 36.5 Å². The molecule has 0 aromatic carbocycles. The average molecular weight is 933 g/mol. The Morgan fingerprint density at radius 2 is 0.561 bits per heavy atom. The Labute approximate surface area is 405 Å². The fourth-order valence-corrected chi connectivity index (χ4v) is 7.95. The maximum Gasteiger partial charge on any atom is 0.335 e. The summed E-state index contributed by atoms with van der Waals surface area (Å²) < 4.78 is 16.2. The molecule has 0 bridgehead atoms. The van der Waals surface area contributed by atoms with Gasteiger partial charge in [0.15, 0.2) is 24.4 Å². The number of unbranched alkanes of at least 4 members (excludes halogenated alkanes) is 30. The van der Waals surface area contributed by atoms with E-state index in [4.69, 9.17) is 14.2 Å². The van der Waals surface area contributed by atoms with E-state index in [1.165, 1.54) is 116 Å². The molecule has 0 aromatic rings. The summed E-state index contributed by atoms with van der Waals surface area (Å²) in [7, 11) is 0. The Hall–Kier alpha value is -2.49. The van der Waals surface area contributed by atoms with Crippen LogP contribution in [0.15, 0.2) is 36.5 Å². The summed E-state index contributed by atoms with van der Waals surface area (Å²) in [5.74, 6) is -2.57. The third-order valence-corrected chi connectivity index (χ3v) is 12.4. The molecule has 0 aliphatic heterocycles. The number of aliphatic hydroxyl groups excluding tert-OH is 3. The number of allylic oxidation sites excluding steroid dienone is 6. The van der Waals surface area contributed by atoms with Crippen molar-refractivity contribution in [2.75, 3.05) is 13.2 Å². The molecule has 0 fully saturated rings. The SMILES string of the molecule is CCCCCCCC/C=C\CCCCCCC(O)C(=O)OCC(COC(=O)C(O)CCCCCC/C=C\CCCCCCCC)OC(=O)C(O)CCCCCC/C=C\CCCCCCCC. The van der Waals surface area contributed by atoms with Crippen LogP contribution in [-0.2, 0) is 28.6 Å². The van der Waals surface area contributed by atoms with Crippen molar-refractivity contribution in [3.8, 4) is 0 Å².